The van der Waals surface area contributed by atoms with Crippen LogP contribution in [-0.4, -0.2) is 48.6 Å². The summed E-state index contributed by atoms with van der Waals surface area (Å²) in [5.41, 5.74) is 10.2. The van der Waals surface area contributed by atoms with Gasteiger partial charge in [-0.2, -0.15) is 9.78 Å². The van der Waals surface area contributed by atoms with Crippen LogP contribution >= 0.6 is 0 Å². The third-order valence-corrected chi connectivity index (χ3v) is 7.25. The van der Waals surface area contributed by atoms with E-state index >= 15 is 4.39 Å². The van der Waals surface area contributed by atoms with Crippen molar-refractivity contribution in [2.24, 2.45) is 5.92 Å². The topological polar surface area (TPSA) is 157 Å². The number of nitrogens with zero attached hydrogens (tertiary/aromatic N) is 7. The Labute approximate surface area is 240 Å². The number of nitriles is 1. The molecule has 0 unspecified atom stereocenters. The molecule has 210 valence electrons. The molecule has 0 bridgehead atoms. The van der Waals surface area contributed by atoms with Gasteiger partial charge < -0.3 is 15.8 Å². The number of nitrogens with one attached hydrogen (secondary N) is 1. The van der Waals surface area contributed by atoms with Crippen molar-refractivity contribution in [2.45, 2.75) is 25.9 Å². The molecule has 1 aliphatic heterocycles. The number of esters is 1. The SMILES string of the molecule is N#Cc1cccc(-c2nc(N)n3nc(Cc4c(F)cccc4COC(=O)C4CCNCC4)nc3c2-c2ccncn2)c1. The molecule has 0 aliphatic carbocycles. The number of hydrogen-bond acceptors (Lipinski definition) is 10. The number of ether oxygens (including phenoxy) is 1. The van der Waals surface area contributed by atoms with Crippen molar-refractivity contribution in [1.82, 2.24) is 34.9 Å². The van der Waals surface area contributed by atoms with Gasteiger partial charge in [-0.3, -0.25) is 4.79 Å². The maximum absolute atomic E-state index is 15.2. The van der Waals surface area contributed by atoms with Crippen molar-refractivity contribution in [3.63, 3.8) is 0 Å². The molecule has 2 aromatic carbocycles. The van der Waals surface area contributed by atoms with Crippen molar-refractivity contribution in [3.8, 4) is 28.6 Å². The normalized spacial score (nSPS) is 13.6. The number of anilines is 1. The summed E-state index contributed by atoms with van der Waals surface area (Å²) in [6.07, 6.45) is 4.46. The molecule has 4 heterocycles. The maximum Gasteiger partial charge on any atom is 0.309 e. The average molecular weight is 564 g/mol. The number of nitrogens with two attached hydrogens (primary N) is 1. The lowest BCUT2D eigenvalue weighted by Crippen LogP contribution is -2.32. The number of nitrogen functional groups attached to an aromatic ring is 1. The van der Waals surface area contributed by atoms with Crippen molar-refractivity contribution in [3.05, 3.63) is 89.4 Å². The van der Waals surface area contributed by atoms with Gasteiger partial charge in [-0.25, -0.2) is 24.3 Å². The molecule has 3 aromatic heterocycles. The molecule has 6 rings (SSSR count). The van der Waals surface area contributed by atoms with Gasteiger partial charge in [0.2, 0.25) is 5.95 Å². The van der Waals surface area contributed by atoms with E-state index in [0.717, 1.165) is 13.1 Å². The summed E-state index contributed by atoms with van der Waals surface area (Å²) in [7, 11) is 0. The van der Waals surface area contributed by atoms with Crippen LogP contribution in [0.1, 0.15) is 35.4 Å². The van der Waals surface area contributed by atoms with Gasteiger partial charge in [0.15, 0.2) is 11.5 Å². The first-order valence-electron chi connectivity index (χ1n) is 13.5. The summed E-state index contributed by atoms with van der Waals surface area (Å²) in [5, 5.41) is 17.2. The van der Waals surface area contributed by atoms with Crippen LogP contribution in [0.25, 0.3) is 28.2 Å². The summed E-state index contributed by atoms with van der Waals surface area (Å²) in [4.78, 5) is 30.4. The summed E-state index contributed by atoms with van der Waals surface area (Å²) in [6.45, 7) is 1.48. The second kappa shape index (κ2) is 11.7. The van der Waals surface area contributed by atoms with E-state index in [1.807, 2.05) is 6.07 Å². The molecule has 12 heteroatoms. The quantitative estimate of drug-likeness (QED) is 0.281. The molecule has 11 nitrogen and oxygen atoms in total. The van der Waals surface area contributed by atoms with E-state index in [2.05, 4.69) is 31.4 Å². The van der Waals surface area contributed by atoms with Crippen molar-refractivity contribution >= 4 is 17.6 Å². The number of carbonyl (C=O) groups is 1. The van der Waals surface area contributed by atoms with Crippen LogP contribution in [0.2, 0.25) is 0 Å². The van der Waals surface area contributed by atoms with E-state index in [1.54, 1.807) is 42.6 Å². The number of halogens is 1. The Morgan fingerprint density at radius 1 is 1.17 bits per heavy atom. The van der Waals surface area contributed by atoms with Crippen molar-refractivity contribution in [1.29, 1.82) is 5.26 Å². The number of piperidine rings is 1. The fourth-order valence-electron chi connectivity index (χ4n) is 5.11. The highest BCUT2D eigenvalue weighted by molar-refractivity contribution is 5.89. The monoisotopic (exact) mass is 563 g/mol. The fourth-order valence-corrected chi connectivity index (χ4v) is 5.11. The second-order valence-corrected chi connectivity index (χ2v) is 9.93. The van der Waals surface area contributed by atoms with Gasteiger partial charge in [0.1, 0.15) is 18.8 Å². The molecule has 42 heavy (non-hydrogen) atoms. The lowest BCUT2D eigenvalue weighted by Gasteiger charge is -2.21. The number of fused-ring (bicyclic) bond motifs is 1. The Morgan fingerprint density at radius 3 is 2.79 bits per heavy atom. The first-order valence-corrected chi connectivity index (χ1v) is 13.5. The minimum absolute atomic E-state index is 0.0243. The molecular weight excluding hydrogens is 537 g/mol. The fraction of sp³-hybridized carbons (Fsp3) is 0.233. The summed E-state index contributed by atoms with van der Waals surface area (Å²) in [5.74, 6) is -0.553. The van der Waals surface area contributed by atoms with Gasteiger partial charge in [-0.15, -0.1) is 5.10 Å². The van der Waals surface area contributed by atoms with E-state index in [9.17, 15) is 10.1 Å². The lowest BCUT2D eigenvalue weighted by atomic mass is 9.98. The molecule has 3 N–H and O–H groups in total. The van der Waals surface area contributed by atoms with E-state index in [-0.39, 0.29) is 36.7 Å². The first kappa shape index (κ1) is 26.9. The first-order chi connectivity index (χ1) is 20.5. The molecule has 1 fully saturated rings. The highest BCUT2D eigenvalue weighted by Gasteiger charge is 2.24. The van der Waals surface area contributed by atoms with Gasteiger partial charge in [0.25, 0.3) is 0 Å². The Morgan fingerprint density at radius 2 is 2.00 bits per heavy atom. The molecule has 5 aromatic rings. The number of benzene rings is 2. The highest BCUT2D eigenvalue weighted by atomic mass is 19.1. The molecule has 0 amide bonds. The standard InChI is InChI=1S/C30H26FN9O2/c31-23-6-2-5-21(16-42-29(41)19-7-10-34-11-8-19)22(23)14-25-37-28-26(24-9-12-35-17-36-24)27(38-30(33)40(28)39-25)20-4-1-3-18(13-20)15-32/h1-6,9,12-13,17,19,34H,7-8,10-11,14,16H2,(H2,33,38). The minimum atomic E-state index is -0.458. The van der Waals surface area contributed by atoms with Gasteiger partial charge in [-0.1, -0.05) is 24.3 Å². The van der Waals surface area contributed by atoms with E-state index in [1.165, 1.54) is 16.9 Å². The maximum atomic E-state index is 15.2. The smallest absolute Gasteiger partial charge is 0.309 e. The van der Waals surface area contributed by atoms with Gasteiger partial charge >= 0.3 is 5.97 Å². The summed E-state index contributed by atoms with van der Waals surface area (Å²) >= 11 is 0. The van der Waals surface area contributed by atoms with E-state index in [4.69, 9.17) is 15.5 Å². The van der Waals surface area contributed by atoms with Crippen LogP contribution in [0.4, 0.5) is 10.3 Å². The molecule has 1 saturated heterocycles. The van der Waals surface area contributed by atoms with Gasteiger partial charge in [0, 0.05) is 23.7 Å². The number of rotatable bonds is 7. The largest absolute Gasteiger partial charge is 0.461 e. The van der Waals surface area contributed by atoms with Crippen LogP contribution in [0.15, 0.2) is 61.1 Å². The average Bonchev–Trinajstić information content (AvgIpc) is 3.46. The van der Waals surface area contributed by atoms with Gasteiger partial charge in [-0.05, 0) is 55.8 Å². The second-order valence-electron chi connectivity index (χ2n) is 9.93. The minimum Gasteiger partial charge on any atom is -0.461 e. The molecule has 0 atom stereocenters. The molecule has 1 aliphatic rings. The van der Waals surface area contributed by atoms with Gasteiger partial charge in [0.05, 0.1) is 34.5 Å². The predicted octanol–water partition coefficient (Wildman–Crippen LogP) is 3.47. The van der Waals surface area contributed by atoms with Crippen LogP contribution in [0.3, 0.4) is 0 Å². The molecule has 0 spiro atoms. The molecular formula is C30H26FN9O2. The third kappa shape index (κ3) is 5.37. The summed E-state index contributed by atoms with van der Waals surface area (Å²) in [6, 6.07) is 15.5. The Bertz CT molecular complexity index is 1810. The van der Waals surface area contributed by atoms with Crippen LogP contribution < -0.4 is 11.1 Å². The van der Waals surface area contributed by atoms with Crippen molar-refractivity contribution < 1.29 is 13.9 Å². The number of hydrogen-bond donors (Lipinski definition) is 2. The Kier molecular flexibility index (Phi) is 7.49. The highest BCUT2D eigenvalue weighted by Crippen LogP contribution is 2.34. The zero-order chi connectivity index (χ0) is 29.1. The zero-order valence-corrected chi connectivity index (χ0v) is 22.5. The van der Waals surface area contributed by atoms with Crippen LogP contribution in [-0.2, 0) is 22.6 Å². The van der Waals surface area contributed by atoms with Crippen LogP contribution in [0.5, 0.6) is 0 Å². The van der Waals surface area contributed by atoms with Crippen molar-refractivity contribution in [2.75, 3.05) is 18.8 Å². The predicted molar refractivity (Wildman–Crippen MR) is 151 cm³/mol. The summed E-state index contributed by atoms with van der Waals surface area (Å²) < 4.78 is 22.1. The number of aromatic nitrogens is 6. The lowest BCUT2D eigenvalue weighted by molar-refractivity contribution is -0.150. The zero-order valence-electron chi connectivity index (χ0n) is 22.5. The molecule has 0 radical (unpaired) electrons. The van der Waals surface area contributed by atoms with Crippen LogP contribution in [0, 0.1) is 23.1 Å². The van der Waals surface area contributed by atoms with E-state index < -0.39 is 5.82 Å². The third-order valence-electron chi connectivity index (χ3n) is 7.25. The number of carbonyl (C=O) groups excluding carboxylic acids is 1. The Hall–Kier alpha value is -5.28. The van der Waals surface area contributed by atoms with E-state index in [0.29, 0.717) is 57.7 Å². The Balaban J connectivity index is 1.39. The molecule has 0 saturated carbocycles.